The van der Waals surface area contributed by atoms with Crippen LogP contribution < -0.4 is 0 Å². The Morgan fingerprint density at radius 2 is 2.25 bits per heavy atom. The quantitative estimate of drug-likeness (QED) is 0.420. The standard InChI is InChI=1S/C2H5BS/c1-2-3-4/h2H2,1H3. The molecule has 2 heteroatoms. The van der Waals surface area contributed by atoms with Crippen molar-refractivity contribution in [1.29, 1.82) is 0 Å². The van der Waals surface area contributed by atoms with Gasteiger partial charge in [-0.3, -0.25) is 0 Å². The molecule has 0 aromatic heterocycles. The van der Waals surface area contributed by atoms with E-state index in [9.17, 15) is 0 Å². The predicted molar refractivity (Wildman–Crippen MR) is 23.8 cm³/mol. The summed E-state index contributed by atoms with van der Waals surface area (Å²) < 4.78 is 0. The first-order chi connectivity index (χ1) is 1.91. The molecule has 0 N–H and O–H groups in total. The molecule has 0 unspecified atom stereocenters. The molecule has 0 atom stereocenters. The van der Waals surface area contributed by atoms with Gasteiger partial charge in [0.05, 0.1) is 0 Å². The number of hydrogen-bond acceptors (Lipinski definition) is 1. The normalized spacial score (nSPS) is 5.25. The molecule has 0 rings (SSSR count). The first-order valence-electron chi connectivity index (χ1n) is 1.35. The van der Waals surface area contributed by atoms with Crippen molar-refractivity contribution < 1.29 is 0 Å². The van der Waals surface area contributed by atoms with Crippen LogP contribution in [0.3, 0.4) is 0 Å². The van der Waals surface area contributed by atoms with E-state index in [2.05, 4.69) is 12.1 Å². The fourth-order valence-electron chi connectivity index (χ4n) is 0. The van der Waals surface area contributed by atoms with E-state index in [1.807, 2.05) is 6.92 Å². The van der Waals surface area contributed by atoms with Gasteiger partial charge in [-0.2, -0.15) is 0 Å². The summed E-state index contributed by atoms with van der Waals surface area (Å²) in [6.45, 7) is 2.02. The Morgan fingerprint density at radius 3 is 2.25 bits per heavy atom. The van der Waals surface area contributed by atoms with Gasteiger partial charge < -0.3 is 0 Å². The zero-order chi connectivity index (χ0) is 3.41. The van der Waals surface area contributed by atoms with Crippen molar-refractivity contribution >= 4 is 18.2 Å². The van der Waals surface area contributed by atoms with Gasteiger partial charge in [0.1, 0.15) is 0 Å². The van der Waals surface area contributed by atoms with E-state index >= 15 is 0 Å². The summed E-state index contributed by atoms with van der Waals surface area (Å²) in [5.74, 6) is 0. The zero-order valence-corrected chi connectivity index (χ0v) is 3.51. The summed E-state index contributed by atoms with van der Waals surface area (Å²) in [4.78, 5) is 0. The van der Waals surface area contributed by atoms with E-state index in [-0.39, 0.29) is 0 Å². The third kappa shape index (κ3) is 2.28. The van der Waals surface area contributed by atoms with E-state index in [4.69, 9.17) is 0 Å². The Hall–Kier alpha value is 0.285. The maximum absolute atomic E-state index is 4.43. The minimum atomic E-state index is 1.01. The summed E-state index contributed by atoms with van der Waals surface area (Å²) in [5.41, 5.74) is 0. The van der Waals surface area contributed by atoms with Crippen molar-refractivity contribution in [2.75, 3.05) is 0 Å². The fourth-order valence-corrected chi connectivity index (χ4v) is 0. The Morgan fingerprint density at radius 1 is 2.00 bits per heavy atom. The van der Waals surface area contributed by atoms with Gasteiger partial charge in [-0.15, -0.1) is 0 Å². The monoisotopic (exact) mass is 72.0 g/mol. The van der Waals surface area contributed by atoms with Crippen LogP contribution in [0.25, 0.3) is 0 Å². The molecule has 0 fully saturated rings. The maximum atomic E-state index is 4.43. The summed E-state index contributed by atoms with van der Waals surface area (Å²) >= 11 is 4.43. The predicted octanol–water partition coefficient (Wildman–Crippen LogP) is 1.24. The molecule has 0 spiro atoms. The molecule has 4 heavy (non-hydrogen) atoms. The van der Waals surface area contributed by atoms with E-state index in [0.717, 1.165) is 6.32 Å². The molecule has 0 saturated heterocycles. The van der Waals surface area contributed by atoms with Gasteiger partial charge in [-0.05, 0) is 0 Å². The van der Waals surface area contributed by atoms with Crippen LogP contribution in [0.1, 0.15) is 6.92 Å². The van der Waals surface area contributed by atoms with Crippen molar-refractivity contribution in [2.45, 2.75) is 13.2 Å². The molecule has 0 radical (unpaired) electrons. The van der Waals surface area contributed by atoms with E-state index in [0.29, 0.717) is 0 Å². The van der Waals surface area contributed by atoms with Crippen molar-refractivity contribution in [3.05, 3.63) is 0 Å². The van der Waals surface area contributed by atoms with Crippen LogP contribution in [0.2, 0.25) is 6.32 Å². The van der Waals surface area contributed by atoms with E-state index < -0.39 is 0 Å². The van der Waals surface area contributed by atoms with Crippen LogP contribution in [-0.4, -0.2) is 6.15 Å². The van der Waals surface area contributed by atoms with Crippen LogP contribution in [0.15, 0.2) is 0 Å². The first-order valence-corrected chi connectivity index (χ1v) is 1.82. The summed E-state index contributed by atoms with van der Waals surface area (Å²) in [6, 6.07) is 0. The number of hydrogen-bond donors (Lipinski definition) is 0. The van der Waals surface area contributed by atoms with Crippen molar-refractivity contribution in [3.8, 4) is 0 Å². The van der Waals surface area contributed by atoms with E-state index in [1.54, 1.807) is 6.15 Å². The average Bonchev–Trinajstić information content (AvgIpc) is 1.37. The molecule has 0 heterocycles. The van der Waals surface area contributed by atoms with Gasteiger partial charge >= 0.3 is 31.5 Å². The zero-order valence-electron chi connectivity index (χ0n) is 2.69. The molecular weight excluding hydrogens is 66.9 g/mol. The van der Waals surface area contributed by atoms with Gasteiger partial charge in [0.25, 0.3) is 0 Å². The molecule has 0 aliphatic carbocycles. The third-order valence-corrected chi connectivity index (χ3v) is 0.500. The van der Waals surface area contributed by atoms with Gasteiger partial charge in [-0.1, -0.05) is 0 Å². The molecule has 0 aromatic carbocycles. The number of rotatable bonds is 1. The van der Waals surface area contributed by atoms with Gasteiger partial charge in [-0.25, -0.2) is 0 Å². The van der Waals surface area contributed by atoms with Gasteiger partial charge in [0.2, 0.25) is 0 Å². The Labute approximate surface area is 32.3 Å². The van der Waals surface area contributed by atoms with Crippen molar-refractivity contribution in [3.63, 3.8) is 0 Å². The molecule has 0 aromatic rings. The molecular formula is C2H5BS. The second-order valence-electron chi connectivity index (χ2n) is 0.575. The van der Waals surface area contributed by atoms with Crippen molar-refractivity contribution in [2.24, 2.45) is 0 Å². The summed E-state index contributed by atoms with van der Waals surface area (Å²) in [7, 11) is 0. The molecule has 22 valence electrons. The summed E-state index contributed by atoms with van der Waals surface area (Å²) in [6.07, 6.45) is 2.72. The molecule has 0 amide bonds. The third-order valence-electron chi connectivity index (χ3n) is 0.167. The topological polar surface area (TPSA) is 0 Å². The molecule has 0 bridgehead atoms. The second-order valence-corrected chi connectivity index (χ2v) is 0.908. The van der Waals surface area contributed by atoms with Crippen LogP contribution in [0.5, 0.6) is 0 Å². The van der Waals surface area contributed by atoms with Gasteiger partial charge in [0, 0.05) is 0 Å². The van der Waals surface area contributed by atoms with Gasteiger partial charge in [0.15, 0.2) is 0 Å². The van der Waals surface area contributed by atoms with Crippen LogP contribution in [0, 0.1) is 0 Å². The molecule has 0 nitrogen and oxygen atoms in total. The Bertz CT molecular complexity index is 20.0. The first kappa shape index (κ1) is 4.28. The van der Waals surface area contributed by atoms with Crippen LogP contribution in [-0.2, 0) is 0 Å². The second kappa shape index (κ2) is 3.28. The van der Waals surface area contributed by atoms with E-state index in [1.165, 1.54) is 0 Å². The van der Waals surface area contributed by atoms with Crippen molar-refractivity contribution in [1.82, 2.24) is 0 Å². The SMILES string of the molecule is CCB=S. The van der Waals surface area contributed by atoms with Crippen LogP contribution >= 0.6 is 12.1 Å². The Kier molecular flexibility index (Phi) is 3.52. The molecule has 0 saturated carbocycles. The minimum absolute atomic E-state index is 1.01. The van der Waals surface area contributed by atoms with Crippen LogP contribution in [0.4, 0.5) is 0 Å². The Balaban J connectivity index is 2.30. The average molecular weight is 71.9 g/mol. The fraction of sp³-hybridized carbons (Fsp3) is 1.00. The molecule has 0 aliphatic heterocycles. The summed E-state index contributed by atoms with van der Waals surface area (Å²) in [5, 5.41) is 0. The molecule has 0 aliphatic rings.